The normalized spacial score (nSPS) is 13.5. The Morgan fingerprint density at radius 2 is 1.74 bits per heavy atom. The summed E-state index contributed by atoms with van der Waals surface area (Å²) < 4.78 is 0. The predicted octanol–water partition coefficient (Wildman–Crippen LogP) is 3.40. The first-order valence-electron chi connectivity index (χ1n) is 6.91. The van der Waals surface area contributed by atoms with Crippen molar-refractivity contribution in [1.29, 1.82) is 0 Å². The van der Waals surface area contributed by atoms with E-state index in [0.717, 1.165) is 6.54 Å². The molecule has 2 aromatic carbocycles. The molecule has 1 aliphatic rings. The molecule has 3 rings (SSSR count). The summed E-state index contributed by atoms with van der Waals surface area (Å²) in [4.78, 5) is 5.49. The molecular formula is C17H19NO. The van der Waals surface area contributed by atoms with Crippen LogP contribution >= 0.6 is 0 Å². The topological polar surface area (TPSA) is 21.3 Å². The van der Waals surface area contributed by atoms with Crippen LogP contribution in [0.3, 0.4) is 0 Å². The van der Waals surface area contributed by atoms with Gasteiger partial charge in [0.05, 0.1) is 6.61 Å². The summed E-state index contributed by atoms with van der Waals surface area (Å²) in [6.07, 6.45) is 3.78. The van der Waals surface area contributed by atoms with E-state index in [4.69, 9.17) is 4.84 Å². The summed E-state index contributed by atoms with van der Waals surface area (Å²) >= 11 is 0. The number of rotatable bonds is 5. The Morgan fingerprint density at radius 1 is 0.895 bits per heavy atom. The van der Waals surface area contributed by atoms with Crippen LogP contribution in [0, 0.1) is 0 Å². The minimum atomic E-state index is 0.603. The van der Waals surface area contributed by atoms with Crippen molar-refractivity contribution in [1.82, 2.24) is 5.48 Å². The minimum absolute atomic E-state index is 0.603. The first-order valence-corrected chi connectivity index (χ1v) is 6.91. The number of nitrogens with one attached hydrogen (secondary N) is 1. The van der Waals surface area contributed by atoms with E-state index in [0.29, 0.717) is 6.61 Å². The summed E-state index contributed by atoms with van der Waals surface area (Å²) in [6.45, 7) is 1.37. The Hall–Kier alpha value is -1.64. The molecule has 0 fully saturated rings. The molecule has 19 heavy (non-hydrogen) atoms. The van der Waals surface area contributed by atoms with Crippen LogP contribution in [0.25, 0.3) is 0 Å². The van der Waals surface area contributed by atoms with Gasteiger partial charge in [0.25, 0.3) is 0 Å². The van der Waals surface area contributed by atoms with Crippen LogP contribution in [0.15, 0.2) is 48.5 Å². The molecular weight excluding hydrogens is 234 g/mol. The maximum absolute atomic E-state index is 5.49. The SMILES string of the molecule is c1ccc(CONCc2ccc3c(c2)CCC3)cc1. The minimum Gasteiger partial charge on any atom is -0.297 e. The van der Waals surface area contributed by atoms with Gasteiger partial charge in [0.1, 0.15) is 0 Å². The molecule has 98 valence electrons. The molecule has 2 aromatic rings. The van der Waals surface area contributed by atoms with Gasteiger partial charge in [-0.05, 0) is 41.5 Å². The van der Waals surface area contributed by atoms with E-state index in [1.165, 1.54) is 41.5 Å². The second kappa shape index (κ2) is 6.00. The Bertz CT molecular complexity index is 536. The van der Waals surface area contributed by atoms with Crippen LogP contribution in [0.4, 0.5) is 0 Å². The number of hydrogen-bond acceptors (Lipinski definition) is 2. The van der Waals surface area contributed by atoms with Crippen LogP contribution in [0.1, 0.15) is 28.7 Å². The molecule has 0 atom stereocenters. The van der Waals surface area contributed by atoms with Crippen molar-refractivity contribution in [2.24, 2.45) is 0 Å². The molecule has 1 N–H and O–H groups in total. The second-order valence-corrected chi connectivity index (χ2v) is 5.05. The zero-order chi connectivity index (χ0) is 12.9. The van der Waals surface area contributed by atoms with Gasteiger partial charge < -0.3 is 0 Å². The fraction of sp³-hybridized carbons (Fsp3) is 0.294. The molecule has 0 aromatic heterocycles. The van der Waals surface area contributed by atoms with Crippen LogP contribution in [-0.2, 0) is 30.8 Å². The van der Waals surface area contributed by atoms with Crippen molar-refractivity contribution >= 4 is 0 Å². The highest BCUT2D eigenvalue weighted by molar-refractivity contribution is 5.35. The van der Waals surface area contributed by atoms with Crippen LogP contribution in [0.2, 0.25) is 0 Å². The van der Waals surface area contributed by atoms with E-state index >= 15 is 0 Å². The van der Waals surface area contributed by atoms with Gasteiger partial charge in [-0.15, -0.1) is 0 Å². The third-order valence-corrected chi connectivity index (χ3v) is 3.62. The Labute approximate surface area is 114 Å². The van der Waals surface area contributed by atoms with E-state index in [2.05, 4.69) is 35.8 Å². The van der Waals surface area contributed by atoms with Gasteiger partial charge in [-0.2, -0.15) is 5.48 Å². The fourth-order valence-electron chi connectivity index (χ4n) is 2.58. The average Bonchev–Trinajstić information content (AvgIpc) is 2.92. The number of hydrogen-bond donors (Lipinski definition) is 1. The molecule has 1 aliphatic carbocycles. The van der Waals surface area contributed by atoms with Gasteiger partial charge in [-0.3, -0.25) is 4.84 Å². The first-order chi connectivity index (χ1) is 9.42. The van der Waals surface area contributed by atoms with E-state index in [9.17, 15) is 0 Å². The van der Waals surface area contributed by atoms with Crippen LogP contribution in [-0.4, -0.2) is 0 Å². The smallest absolute Gasteiger partial charge is 0.0933 e. The molecule has 0 aliphatic heterocycles. The maximum Gasteiger partial charge on any atom is 0.0933 e. The Morgan fingerprint density at radius 3 is 2.63 bits per heavy atom. The summed E-state index contributed by atoms with van der Waals surface area (Å²) in [5.74, 6) is 0. The monoisotopic (exact) mass is 253 g/mol. The highest BCUT2D eigenvalue weighted by Crippen LogP contribution is 2.22. The van der Waals surface area contributed by atoms with Gasteiger partial charge in [0, 0.05) is 6.54 Å². The first kappa shape index (κ1) is 12.4. The number of benzene rings is 2. The van der Waals surface area contributed by atoms with E-state index in [1.54, 1.807) is 0 Å². The van der Waals surface area contributed by atoms with Gasteiger partial charge in [0.15, 0.2) is 0 Å². The summed E-state index contributed by atoms with van der Waals surface area (Å²) in [6, 6.07) is 17.0. The summed E-state index contributed by atoms with van der Waals surface area (Å²) in [5.41, 5.74) is 8.56. The predicted molar refractivity (Wildman–Crippen MR) is 76.5 cm³/mol. The quantitative estimate of drug-likeness (QED) is 0.651. The lowest BCUT2D eigenvalue weighted by molar-refractivity contribution is 0.0235. The largest absolute Gasteiger partial charge is 0.297 e. The van der Waals surface area contributed by atoms with Crippen molar-refractivity contribution in [3.8, 4) is 0 Å². The van der Waals surface area contributed by atoms with Gasteiger partial charge in [-0.1, -0.05) is 48.5 Å². The highest BCUT2D eigenvalue weighted by atomic mass is 16.6. The van der Waals surface area contributed by atoms with Crippen LogP contribution in [0.5, 0.6) is 0 Å². The Kier molecular flexibility index (Phi) is 3.92. The second-order valence-electron chi connectivity index (χ2n) is 5.05. The molecule has 0 saturated carbocycles. The van der Waals surface area contributed by atoms with Crippen molar-refractivity contribution in [3.63, 3.8) is 0 Å². The van der Waals surface area contributed by atoms with E-state index < -0.39 is 0 Å². The lowest BCUT2D eigenvalue weighted by Gasteiger charge is -2.08. The molecule has 0 spiro atoms. The van der Waals surface area contributed by atoms with Crippen molar-refractivity contribution in [2.45, 2.75) is 32.4 Å². The molecule has 2 nitrogen and oxygen atoms in total. The van der Waals surface area contributed by atoms with Gasteiger partial charge in [-0.25, -0.2) is 0 Å². The molecule has 0 heterocycles. The zero-order valence-corrected chi connectivity index (χ0v) is 11.1. The Balaban J connectivity index is 1.48. The van der Waals surface area contributed by atoms with Gasteiger partial charge >= 0.3 is 0 Å². The standard InChI is InChI=1S/C17H19NO/c1-2-5-14(6-3-1)13-19-18-12-15-9-10-16-7-4-8-17(16)11-15/h1-3,5-6,9-11,18H,4,7-8,12-13H2. The zero-order valence-electron chi connectivity index (χ0n) is 11.1. The molecule has 2 heteroatoms. The number of hydroxylamine groups is 1. The molecule has 0 amide bonds. The summed E-state index contributed by atoms with van der Waals surface area (Å²) in [7, 11) is 0. The fourth-order valence-corrected chi connectivity index (χ4v) is 2.58. The highest BCUT2D eigenvalue weighted by Gasteiger charge is 2.10. The van der Waals surface area contributed by atoms with Crippen molar-refractivity contribution in [2.75, 3.05) is 0 Å². The molecule has 0 unspecified atom stereocenters. The van der Waals surface area contributed by atoms with Crippen molar-refractivity contribution in [3.05, 3.63) is 70.8 Å². The average molecular weight is 253 g/mol. The van der Waals surface area contributed by atoms with E-state index in [1.807, 2.05) is 18.2 Å². The summed E-state index contributed by atoms with van der Waals surface area (Å²) in [5, 5.41) is 0. The molecule has 0 bridgehead atoms. The maximum atomic E-state index is 5.49. The lowest BCUT2D eigenvalue weighted by Crippen LogP contribution is -2.14. The number of aryl methyl sites for hydroxylation is 2. The van der Waals surface area contributed by atoms with E-state index in [-0.39, 0.29) is 0 Å². The third kappa shape index (κ3) is 3.22. The molecule has 0 saturated heterocycles. The third-order valence-electron chi connectivity index (χ3n) is 3.62. The lowest BCUT2D eigenvalue weighted by atomic mass is 10.1. The van der Waals surface area contributed by atoms with Crippen molar-refractivity contribution < 1.29 is 4.84 Å². The molecule has 0 radical (unpaired) electrons. The number of fused-ring (bicyclic) bond motifs is 1. The van der Waals surface area contributed by atoms with Gasteiger partial charge in [0.2, 0.25) is 0 Å². The van der Waals surface area contributed by atoms with Crippen LogP contribution < -0.4 is 5.48 Å².